The van der Waals surface area contributed by atoms with Crippen LogP contribution < -0.4 is 16.4 Å². The van der Waals surface area contributed by atoms with Crippen LogP contribution in [0.2, 0.25) is 0 Å². The number of nitrogens with two attached hydrogens (primary N) is 1. The van der Waals surface area contributed by atoms with Gasteiger partial charge < -0.3 is 21.1 Å². The maximum atomic E-state index is 14.1. The molecule has 0 spiro atoms. The fourth-order valence-electron chi connectivity index (χ4n) is 6.20. The molecule has 11 nitrogen and oxygen atoms in total. The fourth-order valence-corrected chi connectivity index (χ4v) is 6.20. The van der Waals surface area contributed by atoms with Gasteiger partial charge in [0.2, 0.25) is 0 Å². The Bertz CT molecular complexity index is 1550. The first-order chi connectivity index (χ1) is 23.9. The first kappa shape index (κ1) is 35.1. The molecule has 3 aromatic rings. The smallest absolute Gasteiger partial charge is 0.337 e. The molecular formula is C38H46N6O5. The summed E-state index contributed by atoms with van der Waals surface area (Å²) in [5.74, 6) is -1.53. The molecule has 1 atom stereocenters. The summed E-state index contributed by atoms with van der Waals surface area (Å²) in [6.45, 7) is 0.218. The Balaban J connectivity index is 1.33. The summed E-state index contributed by atoms with van der Waals surface area (Å²) in [4.78, 5) is 59.3. The number of para-hydroxylation sites is 1. The number of anilines is 1. The lowest BCUT2D eigenvalue weighted by atomic mass is 9.99. The third-order valence-corrected chi connectivity index (χ3v) is 8.82. The quantitative estimate of drug-likeness (QED) is 0.0704. The van der Waals surface area contributed by atoms with Crippen LogP contribution in [0, 0.1) is 0 Å². The van der Waals surface area contributed by atoms with Crippen molar-refractivity contribution in [2.24, 2.45) is 10.7 Å². The van der Waals surface area contributed by atoms with Gasteiger partial charge in [-0.3, -0.25) is 14.6 Å². The Kier molecular flexibility index (Phi) is 12.8. The molecule has 0 radical (unpaired) electrons. The van der Waals surface area contributed by atoms with Gasteiger partial charge in [0.05, 0.1) is 17.7 Å². The van der Waals surface area contributed by atoms with E-state index in [1.54, 1.807) is 36.4 Å². The molecule has 1 heterocycles. The fraction of sp³-hybridized carbons (Fsp3) is 0.395. The lowest BCUT2D eigenvalue weighted by molar-refractivity contribution is -0.152. The number of ether oxygens (including phenoxy) is 1. The van der Waals surface area contributed by atoms with Gasteiger partial charge in [-0.1, -0.05) is 92.8 Å². The molecule has 49 heavy (non-hydrogen) atoms. The molecule has 0 unspecified atom stereocenters. The molecule has 4 N–H and O–H groups in total. The van der Waals surface area contributed by atoms with Crippen molar-refractivity contribution in [2.75, 3.05) is 11.9 Å². The van der Waals surface area contributed by atoms with Gasteiger partial charge in [-0.2, -0.15) is 5.01 Å². The summed E-state index contributed by atoms with van der Waals surface area (Å²) < 4.78 is 6.07. The number of imide groups is 1. The minimum Gasteiger partial charge on any atom is -0.461 e. The highest BCUT2D eigenvalue weighted by molar-refractivity contribution is 6.21. The zero-order valence-corrected chi connectivity index (χ0v) is 27.9. The standard InChI is InChI=1S/C38H46N6O5/c39-37(41-29-19-10-7-11-20-29)40-26-16-25-33(36(47)49-30-21-12-4-2-1-3-5-13-22-30)42-38(48)43(27-28-17-8-6-9-18-28)44-34(45)31-23-14-15-24-32(31)35(44)46/h6-11,14-15,17-20,23-24,30,33H,1-5,12-13,16,21-22,25-27H2,(H,42,48)(H3,39,40,41)/t33-/m1/s1. The largest absolute Gasteiger partial charge is 0.461 e. The van der Waals surface area contributed by atoms with E-state index in [9.17, 15) is 19.2 Å². The van der Waals surface area contributed by atoms with Crippen LogP contribution in [-0.2, 0) is 16.1 Å². The number of hydrogen-bond acceptors (Lipinski definition) is 6. The van der Waals surface area contributed by atoms with Crippen molar-refractivity contribution < 1.29 is 23.9 Å². The second-order valence-corrected chi connectivity index (χ2v) is 12.5. The molecule has 1 saturated carbocycles. The summed E-state index contributed by atoms with van der Waals surface area (Å²) in [7, 11) is 0. The Morgan fingerprint density at radius 2 is 1.37 bits per heavy atom. The average molecular weight is 667 g/mol. The van der Waals surface area contributed by atoms with E-state index in [0.717, 1.165) is 54.2 Å². The number of aliphatic imine (C=N–C) groups is 1. The summed E-state index contributed by atoms with van der Waals surface area (Å²) in [6.07, 6.45) is 9.65. The molecule has 0 aromatic heterocycles. The molecule has 1 aliphatic heterocycles. The molecule has 0 saturated heterocycles. The van der Waals surface area contributed by atoms with Crippen LogP contribution in [-0.4, -0.2) is 58.5 Å². The van der Waals surface area contributed by atoms with Crippen LogP contribution in [0.4, 0.5) is 10.5 Å². The van der Waals surface area contributed by atoms with E-state index >= 15 is 0 Å². The van der Waals surface area contributed by atoms with E-state index in [2.05, 4.69) is 15.6 Å². The molecule has 1 fully saturated rings. The van der Waals surface area contributed by atoms with Crippen molar-refractivity contribution in [1.29, 1.82) is 0 Å². The van der Waals surface area contributed by atoms with Gasteiger partial charge in [-0.15, -0.1) is 0 Å². The first-order valence-electron chi connectivity index (χ1n) is 17.3. The van der Waals surface area contributed by atoms with Crippen molar-refractivity contribution >= 4 is 35.5 Å². The van der Waals surface area contributed by atoms with Crippen LogP contribution >= 0.6 is 0 Å². The minimum atomic E-state index is -1.05. The molecule has 4 amide bonds. The number of nitrogens with zero attached hydrogens (tertiary/aromatic N) is 3. The van der Waals surface area contributed by atoms with Crippen molar-refractivity contribution in [3.63, 3.8) is 0 Å². The number of carbonyl (C=O) groups excluding carboxylic acids is 4. The van der Waals surface area contributed by atoms with Crippen LogP contribution in [0.15, 0.2) is 89.9 Å². The third kappa shape index (κ3) is 9.91. The molecular weight excluding hydrogens is 620 g/mol. The van der Waals surface area contributed by atoms with Gasteiger partial charge in [0.25, 0.3) is 11.8 Å². The van der Waals surface area contributed by atoms with E-state index in [1.807, 2.05) is 48.5 Å². The number of hydrazine groups is 1. The van der Waals surface area contributed by atoms with Crippen LogP contribution in [0.25, 0.3) is 0 Å². The van der Waals surface area contributed by atoms with Crippen molar-refractivity contribution in [3.8, 4) is 0 Å². The summed E-state index contributed by atoms with van der Waals surface area (Å²) >= 11 is 0. The highest BCUT2D eigenvalue weighted by Gasteiger charge is 2.42. The topological polar surface area (TPSA) is 146 Å². The number of urea groups is 1. The maximum Gasteiger partial charge on any atom is 0.337 e. The van der Waals surface area contributed by atoms with Crippen molar-refractivity contribution in [3.05, 3.63) is 102 Å². The number of rotatable bonds is 11. The van der Waals surface area contributed by atoms with Gasteiger partial charge in [-0.05, 0) is 68.4 Å². The predicted octanol–water partition coefficient (Wildman–Crippen LogP) is 6.42. The lowest BCUT2D eigenvalue weighted by Gasteiger charge is -2.32. The van der Waals surface area contributed by atoms with Gasteiger partial charge in [0.15, 0.2) is 5.96 Å². The number of benzene rings is 3. The summed E-state index contributed by atoms with van der Waals surface area (Å²) in [6, 6.07) is 23.1. The van der Waals surface area contributed by atoms with E-state index in [4.69, 9.17) is 10.5 Å². The number of amides is 4. The number of esters is 1. The second-order valence-electron chi connectivity index (χ2n) is 12.5. The van der Waals surface area contributed by atoms with Gasteiger partial charge in [0.1, 0.15) is 12.1 Å². The van der Waals surface area contributed by atoms with E-state index in [-0.39, 0.29) is 36.2 Å². The van der Waals surface area contributed by atoms with Crippen LogP contribution in [0.3, 0.4) is 0 Å². The van der Waals surface area contributed by atoms with Crippen molar-refractivity contribution in [1.82, 2.24) is 15.3 Å². The summed E-state index contributed by atoms with van der Waals surface area (Å²) in [5.41, 5.74) is 8.01. The van der Waals surface area contributed by atoms with Crippen LogP contribution in [0.1, 0.15) is 96.9 Å². The monoisotopic (exact) mass is 666 g/mol. The van der Waals surface area contributed by atoms with Gasteiger partial charge in [0, 0.05) is 12.2 Å². The Morgan fingerprint density at radius 1 is 0.816 bits per heavy atom. The summed E-state index contributed by atoms with van der Waals surface area (Å²) in [5, 5.41) is 7.79. The van der Waals surface area contributed by atoms with Gasteiger partial charge in [-0.25, -0.2) is 14.6 Å². The van der Waals surface area contributed by atoms with Crippen molar-refractivity contribution in [2.45, 2.75) is 89.3 Å². The average Bonchev–Trinajstić information content (AvgIpc) is 3.37. The zero-order valence-electron chi connectivity index (χ0n) is 27.9. The van der Waals surface area contributed by atoms with E-state index in [0.29, 0.717) is 18.5 Å². The first-order valence-corrected chi connectivity index (χ1v) is 17.3. The molecule has 258 valence electrons. The Morgan fingerprint density at radius 3 is 1.98 bits per heavy atom. The molecule has 5 rings (SSSR count). The highest BCUT2D eigenvalue weighted by Crippen LogP contribution is 2.26. The predicted molar refractivity (Wildman–Crippen MR) is 188 cm³/mol. The van der Waals surface area contributed by atoms with E-state index in [1.165, 1.54) is 19.3 Å². The zero-order chi connectivity index (χ0) is 34.4. The number of hydrogen-bond donors (Lipinski definition) is 3. The highest BCUT2D eigenvalue weighted by atomic mass is 16.5. The molecule has 11 heteroatoms. The van der Waals surface area contributed by atoms with Gasteiger partial charge >= 0.3 is 12.0 Å². The normalized spacial score (nSPS) is 16.4. The maximum absolute atomic E-state index is 14.1. The van der Waals surface area contributed by atoms with Crippen LogP contribution in [0.5, 0.6) is 0 Å². The number of nitrogens with one attached hydrogen (secondary N) is 2. The molecule has 2 aliphatic rings. The Labute approximate surface area is 287 Å². The number of fused-ring (bicyclic) bond motifs is 1. The van der Waals surface area contributed by atoms with E-state index < -0.39 is 29.9 Å². The second kappa shape index (κ2) is 17.8. The molecule has 3 aromatic carbocycles. The third-order valence-electron chi connectivity index (χ3n) is 8.82. The number of carbonyl (C=O) groups is 4. The number of guanidine groups is 1. The Hall–Kier alpha value is -5.19. The molecule has 1 aliphatic carbocycles. The lowest BCUT2D eigenvalue weighted by Crippen LogP contribution is -2.56. The molecule has 0 bridgehead atoms. The SMILES string of the molecule is NC(=NCCC[C@@H](NC(=O)N(Cc1ccccc1)N1C(=O)c2ccccc2C1=O)C(=O)OC1CCCCCCCCC1)Nc1ccccc1. The minimum absolute atomic E-state index is 0.0749.